The zero-order chi connectivity index (χ0) is 15.8. The Kier molecular flexibility index (Phi) is 10.8. The Morgan fingerprint density at radius 1 is 0.739 bits per heavy atom. The lowest BCUT2D eigenvalue weighted by Gasteiger charge is -2.28. The maximum atomic E-state index is 10.3. The average molecular weight is 348 g/mol. The standard InChI is InChI=1S/C19H37NO2.ClH/c1-20(14-12-18(21)16-8-4-2-5-9-16)15-13-19(22)17-10-6-3-7-11-17;/h16-19,21-22H,2-15H2,1H3;1H. The third-order valence-corrected chi connectivity index (χ3v) is 6.12. The largest absolute Gasteiger partial charge is 1.00 e. The van der Waals surface area contributed by atoms with E-state index < -0.39 is 0 Å². The van der Waals surface area contributed by atoms with Gasteiger partial charge in [-0.05, 0) is 37.5 Å². The Labute approximate surface area is 149 Å². The second-order valence-electron chi connectivity index (χ2n) is 7.97. The second-order valence-corrected chi connectivity index (χ2v) is 7.97. The maximum Gasteiger partial charge on any atom is 0.0794 e. The fourth-order valence-corrected chi connectivity index (χ4v) is 4.42. The van der Waals surface area contributed by atoms with Gasteiger partial charge in [0.15, 0.2) is 0 Å². The molecular weight excluding hydrogens is 310 g/mol. The van der Waals surface area contributed by atoms with Crippen molar-refractivity contribution in [3.8, 4) is 0 Å². The molecular formula is C19H38ClNO2. The van der Waals surface area contributed by atoms with Gasteiger partial charge in [0, 0.05) is 12.8 Å². The first-order valence-corrected chi connectivity index (χ1v) is 9.84. The van der Waals surface area contributed by atoms with Gasteiger partial charge in [-0.25, -0.2) is 0 Å². The summed E-state index contributed by atoms with van der Waals surface area (Å²) >= 11 is 0. The van der Waals surface area contributed by atoms with E-state index in [0.29, 0.717) is 11.8 Å². The summed E-state index contributed by atoms with van der Waals surface area (Å²) in [4.78, 5) is 1.46. The van der Waals surface area contributed by atoms with E-state index in [-0.39, 0.29) is 24.6 Å². The number of rotatable bonds is 8. The zero-order valence-corrected chi connectivity index (χ0v) is 15.7. The molecule has 0 heterocycles. The molecule has 2 atom stereocenters. The lowest BCUT2D eigenvalue weighted by atomic mass is 9.84. The third-order valence-electron chi connectivity index (χ3n) is 6.12. The molecule has 0 spiro atoms. The molecule has 0 aromatic rings. The fraction of sp³-hybridized carbons (Fsp3) is 1.00. The highest BCUT2D eigenvalue weighted by molar-refractivity contribution is 4.74. The molecule has 0 aliphatic heterocycles. The van der Waals surface area contributed by atoms with Crippen LogP contribution in [0.3, 0.4) is 0 Å². The van der Waals surface area contributed by atoms with Crippen LogP contribution in [0.1, 0.15) is 77.0 Å². The van der Waals surface area contributed by atoms with Crippen LogP contribution in [0.15, 0.2) is 0 Å². The molecule has 0 radical (unpaired) electrons. The Balaban J connectivity index is 0.00000264. The first kappa shape index (κ1) is 21.2. The first-order chi connectivity index (χ1) is 10.7. The molecule has 3 N–H and O–H groups in total. The highest BCUT2D eigenvalue weighted by Crippen LogP contribution is 2.28. The van der Waals surface area contributed by atoms with Crippen LogP contribution in [0, 0.1) is 11.8 Å². The molecule has 2 saturated carbocycles. The third kappa shape index (κ3) is 7.72. The van der Waals surface area contributed by atoms with Crippen LogP contribution in [0.25, 0.3) is 0 Å². The van der Waals surface area contributed by atoms with Crippen LogP contribution >= 0.6 is 0 Å². The molecule has 23 heavy (non-hydrogen) atoms. The molecule has 138 valence electrons. The zero-order valence-electron chi connectivity index (χ0n) is 15.0. The second kappa shape index (κ2) is 11.7. The summed E-state index contributed by atoms with van der Waals surface area (Å²) in [7, 11) is 2.21. The van der Waals surface area contributed by atoms with Crippen molar-refractivity contribution in [3.63, 3.8) is 0 Å². The molecule has 2 aliphatic carbocycles. The van der Waals surface area contributed by atoms with Gasteiger partial charge in [0.1, 0.15) is 0 Å². The summed E-state index contributed by atoms with van der Waals surface area (Å²) in [5.74, 6) is 1.10. The normalized spacial score (nSPS) is 24.7. The molecule has 0 aromatic carbocycles. The molecule has 4 heteroatoms. The van der Waals surface area contributed by atoms with E-state index in [2.05, 4.69) is 7.05 Å². The van der Waals surface area contributed by atoms with Gasteiger partial charge in [0.25, 0.3) is 0 Å². The van der Waals surface area contributed by atoms with Gasteiger partial charge in [-0.2, -0.15) is 0 Å². The molecule has 0 bridgehead atoms. The number of aliphatic hydroxyl groups excluding tert-OH is 2. The predicted molar refractivity (Wildman–Crippen MR) is 91.0 cm³/mol. The number of hydrogen-bond acceptors (Lipinski definition) is 2. The lowest BCUT2D eigenvalue weighted by molar-refractivity contribution is -0.880. The van der Waals surface area contributed by atoms with Gasteiger partial charge in [0.2, 0.25) is 0 Å². The molecule has 2 rings (SSSR count). The number of halogens is 1. The maximum absolute atomic E-state index is 10.3. The summed E-state index contributed by atoms with van der Waals surface area (Å²) in [6, 6.07) is 0. The summed E-state index contributed by atoms with van der Waals surface area (Å²) in [6.45, 7) is 2.07. The van der Waals surface area contributed by atoms with Gasteiger partial charge < -0.3 is 27.5 Å². The summed E-state index contributed by atoms with van der Waals surface area (Å²) in [5.41, 5.74) is 0. The molecule has 0 aromatic heterocycles. The van der Waals surface area contributed by atoms with Crippen molar-refractivity contribution in [2.45, 2.75) is 89.3 Å². The minimum Gasteiger partial charge on any atom is -1.00 e. The smallest absolute Gasteiger partial charge is 0.0794 e. The van der Waals surface area contributed by atoms with Gasteiger partial charge in [-0.1, -0.05) is 38.5 Å². The van der Waals surface area contributed by atoms with Crippen molar-refractivity contribution in [2.75, 3.05) is 20.1 Å². The Hall–Kier alpha value is 0.170. The van der Waals surface area contributed by atoms with E-state index in [1.807, 2.05) is 0 Å². The van der Waals surface area contributed by atoms with Gasteiger partial charge >= 0.3 is 0 Å². The molecule has 2 unspecified atom stereocenters. The van der Waals surface area contributed by atoms with Crippen molar-refractivity contribution in [3.05, 3.63) is 0 Å². The Morgan fingerprint density at radius 3 is 1.43 bits per heavy atom. The summed E-state index contributed by atoms with van der Waals surface area (Å²) < 4.78 is 0. The molecule has 2 aliphatic rings. The molecule has 0 saturated heterocycles. The highest BCUT2D eigenvalue weighted by atomic mass is 35.5. The van der Waals surface area contributed by atoms with Crippen molar-refractivity contribution < 1.29 is 27.5 Å². The SMILES string of the molecule is C[NH+](CCC(O)C1CCCCC1)CCC(O)C1CCCCC1.[Cl-]. The fourth-order valence-electron chi connectivity index (χ4n) is 4.42. The van der Waals surface area contributed by atoms with Crippen molar-refractivity contribution >= 4 is 0 Å². The quantitative estimate of drug-likeness (QED) is 0.536. The van der Waals surface area contributed by atoms with E-state index in [1.54, 1.807) is 0 Å². The average Bonchev–Trinajstić information content (AvgIpc) is 2.59. The van der Waals surface area contributed by atoms with Crippen molar-refractivity contribution in [1.82, 2.24) is 0 Å². The Morgan fingerprint density at radius 2 is 1.09 bits per heavy atom. The van der Waals surface area contributed by atoms with Crippen molar-refractivity contribution in [1.29, 1.82) is 0 Å². The van der Waals surface area contributed by atoms with Gasteiger partial charge in [-0.15, -0.1) is 0 Å². The number of quaternary nitrogens is 1. The van der Waals surface area contributed by atoms with E-state index in [1.165, 1.54) is 69.1 Å². The Bertz CT molecular complexity index is 263. The van der Waals surface area contributed by atoms with E-state index >= 15 is 0 Å². The molecule has 3 nitrogen and oxygen atoms in total. The summed E-state index contributed by atoms with van der Waals surface area (Å²) in [6.07, 6.45) is 14.5. The number of hydrogen-bond donors (Lipinski definition) is 3. The number of nitrogens with one attached hydrogen (secondary N) is 1. The first-order valence-electron chi connectivity index (χ1n) is 9.84. The summed E-state index contributed by atoms with van der Waals surface area (Å²) in [5, 5.41) is 20.7. The van der Waals surface area contributed by atoms with Crippen LogP contribution in [0.5, 0.6) is 0 Å². The monoisotopic (exact) mass is 347 g/mol. The van der Waals surface area contributed by atoms with E-state index in [9.17, 15) is 10.2 Å². The lowest BCUT2D eigenvalue weighted by Crippen LogP contribution is -3.09. The van der Waals surface area contributed by atoms with E-state index in [0.717, 1.165) is 25.9 Å². The minimum atomic E-state index is -0.0986. The molecule has 2 fully saturated rings. The van der Waals surface area contributed by atoms with Gasteiger partial charge in [0.05, 0.1) is 32.3 Å². The number of aliphatic hydroxyl groups is 2. The van der Waals surface area contributed by atoms with Crippen LogP contribution in [0.2, 0.25) is 0 Å². The van der Waals surface area contributed by atoms with Crippen molar-refractivity contribution in [2.24, 2.45) is 11.8 Å². The highest BCUT2D eigenvalue weighted by Gasteiger charge is 2.24. The topological polar surface area (TPSA) is 44.9 Å². The molecule has 0 amide bonds. The predicted octanol–water partition coefficient (Wildman–Crippen LogP) is -0.832. The van der Waals surface area contributed by atoms with E-state index in [4.69, 9.17) is 0 Å². The van der Waals surface area contributed by atoms with Crippen LogP contribution in [0.4, 0.5) is 0 Å². The van der Waals surface area contributed by atoms with Gasteiger partial charge in [-0.3, -0.25) is 0 Å². The minimum absolute atomic E-state index is 0. The van der Waals surface area contributed by atoms with Crippen LogP contribution in [-0.2, 0) is 0 Å². The van der Waals surface area contributed by atoms with Crippen LogP contribution in [-0.4, -0.2) is 42.6 Å². The van der Waals surface area contributed by atoms with Crippen LogP contribution < -0.4 is 17.3 Å².